The molecule has 0 aliphatic heterocycles. The Kier molecular flexibility index (Phi) is 5.32. The lowest BCUT2D eigenvalue weighted by Gasteiger charge is -2.14. The minimum Gasteiger partial charge on any atom is -0.384 e. The zero-order chi connectivity index (χ0) is 8.74. The van der Waals surface area contributed by atoms with Crippen molar-refractivity contribution in [1.29, 1.82) is 0 Å². The summed E-state index contributed by atoms with van der Waals surface area (Å²) in [6, 6.07) is 0. The van der Waals surface area contributed by atoms with Crippen LogP contribution in [0.3, 0.4) is 0 Å². The molecule has 0 heterocycles. The molecule has 11 heavy (non-hydrogen) atoms. The maximum atomic E-state index is 12.7. The molecule has 0 aliphatic carbocycles. The highest BCUT2D eigenvalue weighted by molar-refractivity contribution is 4.66. The Bertz CT molecular complexity index is 88.4. The summed E-state index contributed by atoms with van der Waals surface area (Å²) >= 11 is 0. The van der Waals surface area contributed by atoms with E-state index in [0.29, 0.717) is 6.54 Å². The van der Waals surface area contributed by atoms with Crippen LogP contribution in [0.15, 0.2) is 0 Å². The van der Waals surface area contributed by atoms with Crippen LogP contribution >= 0.6 is 0 Å². The van der Waals surface area contributed by atoms with Crippen LogP contribution in [0.25, 0.3) is 0 Å². The summed E-state index contributed by atoms with van der Waals surface area (Å²) in [7, 11) is 3.08. The summed E-state index contributed by atoms with van der Waals surface area (Å²) in [5.74, 6) is -2.58. The second kappa shape index (κ2) is 5.43. The lowest BCUT2D eigenvalue weighted by Crippen LogP contribution is -2.24. The Morgan fingerprint density at radius 3 is 2.45 bits per heavy atom. The van der Waals surface area contributed by atoms with E-state index in [9.17, 15) is 8.78 Å². The molecule has 0 amide bonds. The van der Waals surface area contributed by atoms with Crippen LogP contribution in [-0.4, -0.2) is 33.2 Å². The van der Waals surface area contributed by atoms with Gasteiger partial charge in [0.25, 0.3) is 5.92 Å². The second-order valence-corrected chi connectivity index (χ2v) is 2.45. The highest BCUT2D eigenvalue weighted by atomic mass is 19.3. The van der Waals surface area contributed by atoms with Gasteiger partial charge in [-0.2, -0.15) is 0 Å². The monoisotopic (exact) mass is 167 g/mol. The van der Waals surface area contributed by atoms with Crippen molar-refractivity contribution in [2.45, 2.75) is 18.8 Å². The Morgan fingerprint density at radius 1 is 1.36 bits per heavy atom. The van der Waals surface area contributed by atoms with Gasteiger partial charge in [0.2, 0.25) is 0 Å². The van der Waals surface area contributed by atoms with E-state index in [1.165, 1.54) is 7.11 Å². The van der Waals surface area contributed by atoms with Gasteiger partial charge in [0.05, 0.1) is 6.61 Å². The van der Waals surface area contributed by atoms with Crippen molar-refractivity contribution < 1.29 is 13.5 Å². The van der Waals surface area contributed by atoms with Gasteiger partial charge in [0.1, 0.15) is 0 Å². The standard InChI is InChI=1S/C7H15F2NO/c1-10-5-3-7(8,9)4-6-11-2/h10H,3-6H2,1-2H3. The van der Waals surface area contributed by atoms with Crippen LogP contribution in [-0.2, 0) is 4.74 Å². The fourth-order valence-corrected chi connectivity index (χ4v) is 0.684. The van der Waals surface area contributed by atoms with Crippen molar-refractivity contribution in [3.63, 3.8) is 0 Å². The number of rotatable bonds is 6. The topological polar surface area (TPSA) is 21.3 Å². The molecule has 0 aromatic carbocycles. The Labute approximate surface area is 65.9 Å². The first-order chi connectivity index (χ1) is 5.12. The van der Waals surface area contributed by atoms with E-state index in [1.54, 1.807) is 7.05 Å². The summed E-state index contributed by atoms with van der Waals surface area (Å²) in [4.78, 5) is 0. The SMILES string of the molecule is CNCCC(F)(F)CCOC. The molecular weight excluding hydrogens is 152 g/mol. The molecule has 0 rings (SSSR count). The fourth-order valence-electron chi connectivity index (χ4n) is 0.684. The van der Waals surface area contributed by atoms with Gasteiger partial charge in [-0.3, -0.25) is 0 Å². The Morgan fingerprint density at radius 2 is 2.00 bits per heavy atom. The van der Waals surface area contributed by atoms with Gasteiger partial charge >= 0.3 is 0 Å². The molecule has 2 nitrogen and oxygen atoms in total. The quantitative estimate of drug-likeness (QED) is 0.643. The molecule has 0 radical (unpaired) electrons. The van der Waals surface area contributed by atoms with Gasteiger partial charge < -0.3 is 10.1 Å². The molecule has 0 aliphatic rings. The van der Waals surface area contributed by atoms with Crippen molar-refractivity contribution in [1.82, 2.24) is 5.32 Å². The average Bonchev–Trinajstić information content (AvgIpc) is 1.97. The first-order valence-electron chi connectivity index (χ1n) is 3.64. The molecule has 0 atom stereocenters. The zero-order valence-electron chi connectivity index (χ0n) is 6.99. The van der Waals surface area contributed by atoms with Gasteiger partial charge in [-0.1, -0.05) is 0 Å². The fraction of sp³-hybridized carbons (Fsp3) is 1.00. The minimum atomic E-state index is -2.58. The number of halogens is 2. The predicted octanol–water partition coefficient (Wildman–Crippen LogP) is 1.27. The number of methoxy groups -OCH3 is 1. The number of hydrogen-bond donors (Lipinski definition) is 1. The first kappa shape index (κ1) is 10.8. The highest BCUT2D eigenvalue weighted by Crippen LogP contribution is 2.21. The van der Waals surface area contributed by atoms with Crippen LogP contribution in [0, 0.1) is 0 Å². The van der Waals surface area contributed by atoms with Crippen LogP contribution < -0.4 is 5.32 Å². The summed E-state index contributed by atoms with van der Waals surface area (Å²) in [6.07, 6.45) is -0.307. The maximum Gasteiger partial charge on any atom is 0.251 e. The van der Waals surface area contributed by atoms with E-state index in [-0.39, 0.29) is 19.4 Å². The van der Waals surface area contributed by atoms with E-state index in [0.717, 1.165) is 0 Å². The third kappa shape index (κ3) is 6.19. The average molecular weight is 167 g/mol. The molecule has 0 spiro atoms. The third-order valence-electron chi connectivity index (χ3n) is 1.41. The summed E-state index contributed by atoms with van der Waals surface area (Å²) in [5.41, 5.74) is 0. The Hall–Kier alpha value is -0.220. The normalized spacial score (nSPS) is 12.0. The van der Waals surface area contributed by atoms with E-state index >= 15 is 0 Å². The summed E-state index contributed by atoms with van der Waals surface area (Å²) < 4.78 is 29.9. The highest BCUT2D eigenvalue weighted by Gasteiger charge is 2.27. The molecule has 1 N–H and O–H groups in total. The summed E-state index contributed by atoms with van der Waals surface area (Å²) in [5, 5.41) is 2.68. The molecule has 0 bridgehead atoms. The lowest BCUT2D eigenvalue weighted by molar-refractivity contribution is -0.0332. The molecule has 0 saturated carbocycles. The number of ether oxygens (including phenoxy) is 1. The van der Waals surface area contributed by atoms with E-state index in [1.807, 2.05) is 0 Å². The van der Waals surface area contributed by atoms with Crippen molar-refractivity contribution in [2.24, 2.45) is 0 Å². The Balaban J connectivity index is 3.43. The third-order valence-corrected chi connectivity index (χ3v) is 1.41. The van der Waals surface area contributed by atoms with Gasteiger partial charge in [-0.15, -0.1) is 0 Å². The molecule has 0 aromatic rings. The molecule has 4 heteroatoms. The number of alkyl halides is 2. The predicted molar refractivity (Wildman–Crippen MR) is 40.0 cm³/mol. The van der Waals surface area contributed by atoms with Crippen molar-refractivity contribution in [3.8, 4) is 0 Å². The minimum absolute atomic E-state index is 0.118. The maximum absolute atomic E-state index is 12.7. The van der Waals surface area contributed by atoms with Crippen molar-refractivity contribution in [3.05, 3.63) is 0 Å². The van der Waals surface area contributed by atoms with Crippen molar-refractivity contribution in [2.75, 3.05) is 27.3 Å². The van der Waals surface area contributed by atoms with Crippen LogP contribution in [0.4, 0.5) is 8.78 Å². The second-order valence-electron chi connectivity index (χ2n) is 2.45. The number of hydrogen-bond acceptors (Lipinski definition) is 2. The zero-order valence-corrected chi connectivity index (χ0v) is 6.99. The van der Waals surface area contributed by atoms with E-state index in [2.05, 4.69) is 10.1 Å². The van der Waals surface area contributed by atoms with Crippen LogP contribution in [0.1, 0.15) is 12.8 Å². The largest absolute Gasteiger partial charge is 0.384 e. The molecule has 0 aromatic heterocycles. The first-order valence-corrected chi connectivity index (χ1v) is 3.64. The van der Waals surface area contributed by atoms with Crippen molar-refractivity contribution >= 4 is 0 Å². The summed E-state index contributed by atoms with van der Waals surface area (Å²) in [6.45, 7) is 0.466. The van der Waals surface area contributed by atoms with Gasteiger partial charge in [-0.25, -0.2) is 8.78 Å². The smallest absolute Gasteiger partial charge is 0.251 e. The van der Waals surface area contributed by atoms with E-state index < -0.39 is 5.92 Å². The van der Waals surface area contributed by atoms with Crippen LogP contribution in [0.5, 0.6) is 0 Å². The molecule has 0 fully saturated rings. The molecule has 0 unspecified atom stereocenters. The van der Waals surface area contributed by atoms with Crippen LogP contribution in [0.2, 0.25) is 0 Å². The van der Waals surface area contributed by atoms with Gasteiger partial charge in [-0.05, 0) is 7.05 Å². The lowest BCUT2D eigenvalue weighted by atomic mass is 10.2. The van der Waals surface area contributed by atoms with Gasteiger partial charge in [0, 0.05) is 26.5 Å². The molecule has 0 saturated heterocycles. The van der Waals surface area contributed by atoms with E-state index in [4.69, 9.17) is 0 Å². The molecule has 68 valence electrons. The number of nitrogens with one attached hydrogen (secondary N) is 1. The molecular formula is C7H15F2NO. The van der Waals surface area contributed by atoms with Gasteiger partial charge in [0.15, 0.2) is 0 Å².